The van der Waals surface area contributed by atoms with Gasteiger partial charge in [0.05, 0.1) is 5.56 Å². The molecule has 2 aromatic carbocycles. The number of carbonyl (C=O) groups excluding carboxylic acids is 1. The third kappa shape index (κ3) is 6.33. The molecule has 1 fully saturated rings. The van der Waals surface area contributed by atoms with E-state index in [0.717, 1.165) is 42.4 Å². The van der Waals surface area contributed by atoms with Crippen LogP contribution in [0.1, 0.15) is 23.7 Å². The van der Waals surface area contributed by atoms with E-state index in [0.29, 0.717) is 28.4 Å². The van der Waals surface area contributed by atoms with Crippen molar-refractivity contribution in [3.05, 3.63) is 77.5 Å². The number of aliphatic imine (C=N–C) groups is 1. The maximum atomic E-state index is 13.9. The first-order valence-electron chi connectivity index (χ1n) is 10.7. The van der Waals surface area contributed by atoms with Gasteiger partial charge in [0.15, 0.2) is 11.0 Å². The van der Waals surface area contributed by atoms with E-state index in [1.807, 2.05) is 0 Å². The zero-order valence-electron chi connectivity index (χ0n) is 18.8. The first-order chi connectivity index (χ1) is 16.8. The molecule has 1 saturated heterocycles. The van der Waals surface area contributed by atoms with Crippen molar-refractivity contribution in [1.29, 1.82) is 0 Å². The quantitative estimate of drug-likeness (QED) is 0.255. The number of anilines is 2. The molecule has 11 heteroatoms. The number of allylic oxidation sites excluding steroid dienone is 1. The molecule has 1 aliphatic rings. The fourth-order valence-electron chi connectivity index (χ4n) is 3.19. The van der Waals surface area contributed by atoms with Gasteiger partial charge >= 0.3 is 0 Å². The molecule has 4 rings (SSSR count). The second-order valence-electron chi connectivity index (χ2n) is 7.84. The van der Waals surface area contributed by atoms with Gasteiger partial charge in [-0.15, -0.1) is 0 Å². The summed E-state index contributed by atoms with van der Waals surface area (Å²) in [4.78, 5) is 28.7. The zero-order chi connectivity index (χ0) is 24.9. The van der Waals surface area contributed by atoms with Crippen LogP contribution in [0.15, 0.2) is 75.3 Å². The highest BCUT2D eigenvalue weighted by Gasteiger charge is 2.18. The van der Waals surface area contributed by atoms with Crippen molar-refractivity contribution >= 4 is 40.8 Å². The van der Waals surface area contributed by atoms with Crippen molar-refractivity contribution in [2.24, 2.45) is 16.5 Å². The predicted octanol–water partition coefficient (Wildman–Crippen LogP) is 4.22. The smallest absolute Gasteiger partial charge is 0.258 e. The van der Waals surface area contributed by atoms with E-state index in [9.17, 15) is 13.6 Å². The molecule has 0 unspecified atom stereocenters. The number of carbonyl (C=O) groups is 1. The van der Waals surface area contributed by atoms with Crippen molar-refractivity contribution in [3.8, 4) is 0 Å². The van der Waals surface area contributed by atoms with Crippen molar-refractivity contribution in [3.63, 3.8) is 0 Å². The fourth-order valence-corrected chi connectivity index (χ4v) is 3.95. The Balaban J connectivity index is 1.51. The zero-order valence-corrected chi connectivity index (χ0v) is 19.6. The first-order valence-corrected chi connectivity index (χ1v) is 11.5. The first kappa shape index (κ1) is 24.1. The van der Waals surface area contributed by atoms with Gasteiger partial charge in [-0.3, -0.25) is 4.79 Å². The molecule has 1 aliphatic heterocycles. The fraction of sp³-hybridized carbons (Fsp3) is 0.167. The second-order valence-corrected chi connectivity index (χ2v) is 8.88. The Bertz CT molecular complexity index is 1300. The Morgan fingerprint density at radius 1 is 1.11 bits per heavy atom. The molecule has 0 aliphatic carbocycles. The van der Waals surface area contributed by atoms with Gasteiger partial charge in [0.2, 0.25) is 0 Å². The lowest BCUT2D eigenvalue weighted by Crippen LogP contribution is -2.37. The second kappa shape index (κ2) is 10.5. The highest BCUT2D eigenvalue weighted by Crippen LogP contribution is 2.31. The number of nitrogens with one attached hydrogen (secondary N) is 1. The monoisotopic (exact) mass is 495 g/mol. The van der Waals surface area contributed by atoms with Gasteiger partial charge in [0.1, 0.15) is 23.3 Å². The molecule has 3 aromatic rings. The van der Waals surface area contributed by atoms with Gasteiger partial charge in [0.25, 0.3) is 5.91 Å². The highest BCUT2D eigenvalue weighted by atomic mass is 32.2. The standard InChI is InChI=1S/C24H23F2N7OS/c1-14(27)11-20(28)30-21-13-22(33-9-2-10-33)32-24(31-21)35-17-6-4-16(5-7-17)29-23(34)18-8-3-15(25)12-19(18)26/h3-8,11-13H,2,9-10,27H2,1H3,(H,29,34)(H2,28,30,31,32)/b14-11-. The Hall–Kier alpha value is -3.99. The van der Waals surface area contributed by atoms with Crippen LogP contribution in [0.5, 0.6) is 0 Å². The molecule has 35 heavy (non-hydrogen) atoms. The van der Waals surface area contributed by atoms with Crippen LogP contribution in [-0.4, -0.2) is 34.8 Å². The molecule has 1 amide bonds. The van der Waals surface area contributed by atoms with E-state index in [-0.39, 0.29) is 11.4 Å². The lowest BCUT2D eigenvalue weighted by atomic mass is 10.2. The van der Waals surface area contributed by atoms with Crippen LogP contribution >= 0.6 is 11.8 Å². The number of amidine groups is 1. The topological polar surface area (TPSA) is 123 Å². The molecule has 2 heterocycles. The lowest BCUT2D eigenvalue weighted by Gasteiger charge is -2.32. The molecule has 180 valence electrons. The number of amides is 1. The van der Waals surface area contributed by atoms with Crippen LogP contribution in [0, 0.1) is 11.6 Å². The number of hydrogen-bond donors (Lipinski definition) is 3. The molecule has 5 N–H and O–H groups in total. The minimum absolute atomic E-state index is 0.242. The number of hydrogen-bond acceptors (Lipinski definition) is 7. The third-order valence-corrected chi connectivity index (χ3v) is 5.85. The molecule has 0 saturated carbocycles. The van der Waals surface area contributed by atoms with E-state index < -0.39 is 17.5 Å². The van der Waals surface area contributed by atoms with Crippen molar-refractivity contribution in [2.45, 2.75) is 23.4 Å². The summed E-state index contributed by atoms with van der Waals surface area (Å²) in [7, 11) is 0. The van der Waals surface area contributed by atoms with E-state index in [1.165, 1.54) is 11.8 Å². The molecule has 1 aromatic heterocycles. The van der Waals surface area contributed by atoms with Gasteiger partial charge < -0.3 is 21.7 Å². The molecule has 0 radical (unpaired) electrons. The Morgan fingerprint density at radius 2 is 1.86 bits per heavy atom. The summed E-state index contributed by atoms with van der Waals surface area (Å²) in [6.45, 7) is 3.53. The summed E-state index contributed by atoms with van der Waals surface area (Å²) in [6, 6.07) is 11.5. The molecule has 0 atom stereocenters. The molecular formula is C24H23F2N7OS. The summed E-state index contributed by atoms with van der Waals surface area (Å²) >= 11 is 1.32. The summed E-state index contributed by atoms with van der Waals surface area (Å²) in [5.41, 5.74) is 12.4. The number of halogens is 2. The van der Waals surface area contributed by atoms with Crippen molar-refractivity contribution in [1.82, 2.24) is 9.97 Å². The molecular weight excluding hydrogens is 472 g/mol. The minimum atomic E-state index is -0.926. The lowest BCUT2D eigenvalue weighted by molar-refractivity contribution is 0.102. The summed E-state index contributed by atoms with van der Waals surface area (Å²) in [6.07, 6.45) is 2.65. The minimum Gasteiger partial charge on any atom is -0.402 e. The van der Waals surface area contributed by atoms with Gasteiger partial charge in [-0.1, -0.05) is 0 Å². The van der Waals surface area contributed by atoms with E-state index in [2.05, 4.69) is 25.2 Å². The van der Waals surface area contributed by atoms with Crippen molar-refractivity contribution in [2.75, 3.05) is 23.3 Å². The predicted molar refractivity (Wildman–Crippen MR) is 133 cm³/mol. The number of aromatic nitrogens is 2. The third-order valence-electron chi connectivity index (χ3n) is 4.97. The highest BCUT2D eigenvalue weighted by molar-refractivity contribution is 7.99. The maximum Gasteiger partial charge on any atom is 0.258 e. The van der Waals surface area contributed by atoms with Crippen LogP contribution in [0.2, 0.25) is 0 Å². The van der Waals surface area contributed by atoms with Gasteiger partial charge in [-0.2, -0.15) is 0 Å². The number of benzene rings is 2. The van der Waals surface area contributed by atoms with Crippen LogP contribution in [0.4, 0.5) is 26.1 Å². The average Bonchev–Trinajstić information content (AvgIpc) is 2.73. The van der Waals surface area contributed by atoms with Gasteiger partial charge in [-0.05, 0) is 67.6 Å². The maximum absolute atomic E-state index is 13.9. The van der Waals surface area contributed by atoms with Crippen LogP contribution in [0.3, 0.4) is 0 Å². The molecule has 8 nitrogen and oxygen atoms in total. The Labute approximate surface area is 205 Å². The van der Waals surface area contributed by atoms with Gasteiger partial charge in [-0.25, -0.2) is 23.7 Å². The SMILES string of the molecule is C/C(N)=C/C(N)=Nc1cc(N2CCC2)nc(Sc2ccc(NC(=O)c3ccc(F)cc3F)cc2)n1. The average molecular weight is 496 g/mol. The van der Waals surface area contributed by atoms with Crippen LogP contribution in [-0.2, 0) is 0 Å². The normalized spacial score (nSPS) is 14.0. The summed E-state index contributed by atoms with van der Waals surface area (Å²) in [5.74, 6) is -0.917. The molecule has 0 spiro atoms. The molecule has 0 bridgehead atoms. The largest absolute Gasteiger partial charge is 0.402 e. The number of nitrogens with zero attached hydrogens (tertiary/aromatic N) is 4. The Kier molecular flexibility index (Phi) is 7.25. The van der Waals surface area contributed by atoms with E-state index >= 15 is 0 Å². The number of nitrogens with two attached hydrogens (primary N) is 2. The van der Waals surface area contributed by atoms with Gasteiger partial charge in [0, 0.05) is 41.5 Å². The Morgan fingerprint density at radius 3 is 2.49 bits per heavy atom. The summed E-state index contributed by atoms with van der Waals surface area (Å²) in [5, 5.41) is 3.08. The van der Waals surface area contributed by atoms with E-state index in [4.69, 9.17) is 11.5 Å². The van der Waals surface area contributed by atoms with E-state index in [1.54, 1.807) is 43.3 Å². The number of rotatable bonds is 7. The van der Waals surface area contributed by atoms with Crippen LogP contribution in [0.25, 0.3) is 0 Å². The van der Waals surface area contributed by atoms with Crippen LogP contribution < -0.4 is 21.7 Å². The van der Waals surface area contributed by atoms with Crippen molar-refractivity contribution < 1.29 is 13.6 Å². The summed E-state index contributed by atoms with van der Waals surface area (Å²) < 4.78 is 26.9.